The minimum Gasteiger partial charge on any atom is -0.463 e. The van der Waals surface area contributed by atoms with Crippen LogP contribution in [0, 0.1) is 45.3 Å². The largest absolute Gasteiger partial charge is 0.463 e. The van der Waals surface area contributed by atoms with Crippen LogP contribution in [-0.4, -0.2) is 92.2 Å². The van der Waals surface area contributed by atoms with Crippen molar-refractivity contribution in [3.05, 3.63) is 24.3 Å². The fourth-order valence-corrected chi connectivity index (χ4v) is 12.7. The van der Waals surface area contributed by atoms with Crippen molar-refractivity contribution in [1.29, 1.82) is 0 Å². The van der Waals surface area contributed by atoms with Crippen molar-refractivity contribution >= 4 is 23.9 Å². The molecule has 0 unspecified atom stereocenters. The highest BCUT2D eigenvalue weighted by atomic mass is 16.7. The molecule has 57 heavy (non-hydrogen) atoms. The van der Waals surface area contributed by atoms with Crippen molar-refractivity contribution in [2.24, 2.45) is 45.3 Å². The van der Waals surface area contributed by atoms with E-state index in [1.807, 2.05) is 0 Å². The van der Waals surface area contributed by atoms with E-state index in [2.05, 4.69) is 72.8 Å². The van der Waals surface area contributed by atoms with Crippen LogP contribution in [0.5, 0.6) is 0 Å². The lowest BCUT2D eigenvalue weighted by molar-refractivity contribution is -0.333. The van der Waals surface area contributed by atoms with E-state index < -0.39 is 71.7 Å². The Labute approximate surface area is 339 Å². The molecule has 0 aromatic heterocycles. The number of fused-ring (bicyclic) bond motifs is 2. The predicted molar refractivity (Wildman–Crippen MR) is 209 cm³/mol. The summed E-state index contributed by atoms with van der Waals surface area (Å²) in [6.07, 6.45) is 10.1. The number of rotatable bonds is 12. The minimum absolute atomic E-state index is 0.000181. The zero-order chi connectivity index (χ0) is 41.9. The summed E-state index contributed by atoms with van der Waals surface area (Å²) in [5, 5.41) is 0. The van der Waals surface area contributed by atoms with Crippen LogP contribution < -0.4 is 0 Å². The molecule has 0 aromatic carbocycles. The minimum atomic E-state index is -1.29. The van der Waals surface area contributed by atoms with E-state index in [9.17, 15) is 19.2 Å². The molecule has 2 bridgehead atoms. The molecule has 4 aliphatic carbocycles. The quantitative estimate of drug-likeness (QED) is 0.113. The van der Waals surface area contributed by atoms with Crippen molar-refractivity contribution in [2.75, 3.05) is 20.3 Å². The summed E-state index contributed by atoms with van der Waals surface area (Å²) < 4.78 is 48.5. The van der Waals surface area contributed by atoms with Crippen LogP contribution in [0.1, 0.15) is 121 Å². The molecule has 1 spiro atoms. The maximum atomic E-state index is 12.5. The third kappa shape index (κ3) is 7.41. The van der Waals surface area contributed by atoms with Gasteiger partial charge in [0.05, 0.1) is 23.9 Å². The molecule has 12 heteroatoms. The highest BCUT2D eigenvalue weighted by Crippen LogP contribution is 2.77. The zero-order valence-corrected chi connectivity index (χ0v) is 36.3. The van der Waals surface area contributed by atoms with Crippen LogP contribution in [0.15, 0.2) is 24.3 Å². The standard InChI is InChI=1S/C45H68O12/c1-26(14-13-19-40(6,7)50-12)31-17-20-43(11)33-18-21-45-34(44(33,25-52-45)23-22-42(31,43)10)15-16-35(41(45,8)9)57-39-38(55-30(5)49)37(54-29(4)48)36(53-28(3)47)32(56-39)24-51-27(2)46/h13,18-19,21,26,31-39H,14-17,20,22-25H2,1-12H3/t26-,31-,32-,33+,34+,35+,36-,37+,38-,39+,42-,43+,44+,45-/m1/s1. The van der Waals surface area contributed by atoms with Crippen LogP contribution in [0.3, 0.4) is 0 Å². The Morgan fingerprint density at radius 3 is 2.12 bits per heavy atom. The molecule has 2 heterocycles. The number of methoxy groups -OCH3 is 1. The maximum Gasteiger partial charge on any atom is 0.303 e. The van der Waals surface area contributed by atoms with Crippen LogP contribution in [0.2, 0.25) is 0 Å². The number of esters is 4. The third-order valence-electron chi connectivity index (χ3n) is 15.9. The molecule has 12 nitrogen and oxygen atoms in total. The lowest BCUT2D eigenvalue weighted by atomic mass is 9.38. The van der Waals surface area contributed by atoms with Gasteiger partial charge in [0.25, 0.3) is 0 Å². The number of hydrogen-bond donors (Lipinski definition) is 0. The molecule has 6 rings (SSSR count). The molecule has 6 aliphatic rings. The summed E-state index contributed by atoms with van der Waals surface area (Å²) in [6, 6.07) is 0. The van der Waals surface area contributed by atoms with Gasteiger partial charge < -0.3 is 37.9 Å². The molecule has 0 amide bonds. The molecule has 0 aromatic rings. The molecular formula is C45H68O12. The number of carbonyl (C=O) groups is 4. The van der Waals surface area contributed by atoms with Gasteiger partial charge in [-0.3, -0.25) is 19.2 Å². The lowest BCUT2D eigenvalue weighted by Gasteiger charge is -2.65. The van der Waals surface area contributed by atoms with Crippen LogP contribution in [-0.2, 0) is 57.1 Å². The molecule has 2 saturated heterocycles. The second kappa shape index (κ2) is 15.7. The monoisotopic (exact) mass is 800 g/mol. The van der Waals surface area contributed by atoms with Gasteiger partial charge in [0.2, 0.25) is 0 Å². The average molecular weight is 801 g/mol. The van der Waals surface area contributed by atoms with Crippen molar-refractivity contribution in [3.63, 3.8) is 0 Å². The van der Waals surface area contributed by atoms with Gasteiger partial charge in [-0.15, -0.1) is 0 Å². The SMILES string of the molecule is COC(C)(C)C=CC[C@@H](C)[C@H]1CC[C@@]2(C)[C@@H]3C=C[C@@]45OC[C@]3(CC[C@]12C)[C@@H]4CC[C@H](O[C@@H]1O[C@H](COC(C)=O)[C@@H](OC(C)=O)[C@H](OC(C)=O)[C@H]1OC(C)=O)C5(C)C. The molecule has 0 N–H and O–H groups in total. The van der Waals surface area contributed by atoms with E-state index in [1.165, 1.54) is 40.5 Å². The number of ether oxygens (including phenoxy) is 8. The Morgan fingerprint density at radius 1 is 0.842 bits per heavy atom. The first-order valence-corrected chi connectivity index (χ1v) is 21.1. The first kappa shape index (κ1) is 43.8. The number of allylic oxidation sites excluding steroid dienone is 2. The van der Waals surface area contributed by atoms with Gasteiger partial charge in [-0.2, -0.15) is 0 Å². The Kier molecular flexibility index (Phi) is 12.0. The molecular weight excluding hydrogens is 732 g/mol. The van der Waals surface area contributed by atoms with E-state index in [1.54, 1.807) is 7.11 Å². The number of carbonyl (C=O) groups excluding carboxylic acids is 4. The topological polar surface area (TPSA) is 142 Å². The fraction of sp³-hybridized carbons (Fsp3) is 0.822. The van der Waals surface area contributed by atoms with E-state index in [0.717, 1.165) is 25.7 Å². The zero-order valence-electron chi connectivity index (χ0n) is 36.3. The molecule has 3 saturated carbocycles. The summed E-state index contributed by atoms with van der Waals surface area (Å²) in [6.45, 7) is 21.4. The van der Waals surface area contributed by atoms with Crippen LogP contribution >= 0.6 is 0 Å². The van der Waals surface area contributed by atoms with Gasteiger partial charge in [-0.25, -0.2) is 0 Å². The second-order valence-electron chi connectivity index (χ2n) is 19.6. The molecule has 5 fully saturated rings. The summed E-state index contributed by atoms with van der Waals surface area (Å²) >= 11 is 0. The van der Waals surface area contributed by atoms with Gasteiger partial charge >= 0.3 is 23.9 Å². The fourth-order valence-electron chi connectivity index (χ4n) is 12.7. The van der Waals surface area contributed by atoms with Crippen LogP contribution in [0.4, 0.5) is 0 Å². The first-order valence-electron chi connectivity index (χ1n) is 21.1. The first-order chi connectivity index (χ1) is 26.6. The normalized spacial score (nSPS) is 42.4. The van der Waals surface area contributed by atoms with Crippen molar-refractivity contribution in [3.8, 4) is 0 Å². The summed E-state index contributed by atoms with van der Waals surface area (Å²) in [7, 11) is 1.76. The van der Waals surface area contributed by atoms with Gasteiger partial charge in [0.1, 0.15) is 12.7 Å². The molecule has 14 atom stereocenters. The average Bonchev–Trinajstić information content (AvgIpc) is 3.51. The van der Waals surface area contributed by atoms with Gasteiger partial charge in [0.15, 0.2) is 24.6 Å². The lowest BCUT2D eigenvalue weighted by Crippen LogP contribution is -2.67. The Morgan fingerprint density at radius 2 is 1.49 bits per heavy atom. The predicted octanol–water partition coefficient (Wildman–Crippen LogP) is 7.06. The molecule has 320 valence electrons. The Balaban J connectivity index is 1.28. The van der Waals surface area contributed by atoms with E-state index in [4.69, 9.17) is 37.9 Å². The van der Waals surface area contributed by atoms with Crippen LogP contribution in [0.25, 0.3) is 0 Å². The summed E-state index contributed by atoms with van der Waals surface area (Å²) in [5.41, 5.74) is -1.13. The Hall–Kier alpha value is -2.80. The third-order valence-corrected chi connectivity index (χ3v) is 15.9. The molecule has 2 aliphatic heterocycles. The van der Waals surface area contributed by atoms with Crippen molar-refractivity contribution in [1.82, 2.24) is 0 Å². The van der Waals surface area contributed by atoms with Gasteiger partial charge in [-0.1, -0.05) is 58.9 Å². The van der Waals surface area contributed by atoms with Crippen molar-refractivity contribution in [2.45, 2.75) is 169 Å². The van der Waals surface area contributed by atoms with Crippen molar-refractivity contribution < 1.29 is 57.1 Å². The highest BCUT2D eigenvalue weighted by Gasteiger charge is 2.76. The Bertz CT molecular complexity index is 1620. The molecule has 0 radical (unpaired) electrons. The second-order valence-corrected chi connectivity index (χ2v) is 19.6. The summed E-state index contributed by atoms with van der Waals surface area (Å²) in [5.74, 6) is -0.747. The highest BCUT2D eigenvalue weighted by molar-refractivity contribution is 5.68. The van der Waals surface area contributed by atoms with E-state index in [0.29, 0.717) is 30.8 Å². The maximum absolute atomic E-state index is 12.5. The van der Waals surface area contributed by atoms with E-state index in [-0.39, 0.29) is 34.4 Å². The van der Waals surface area contributed by atoms with E-state index >= 15 is 0 Å². The number of hydrogen-bond acceptors (Lipinski definition) is 12. The smallest absolute Gasteiger partial charge is 0.303 e. The van der Waals surface area contributed by atoms with Gasteiger partial charge in [0, 0.05) is 51.6 Å². The van der Waals surface area contributed by atoms with Gasteiger partial charge in [-0.05, 0) is 87.4 Å². The summed E-state index contributed by atoms with van der Waals surface area (Å²) in [4.78, 5) is 49.2.